The summed E-state index contributed by atoms with van der Waals surface area (Å²) in [6, 6.07) is 16.8. The molecule has 0 radical (unpaired) electrons. The highest BCUT2D eigenvalue weighted by molar-refractivity contribution is 7.13. The van der Waals surface area contributed by atoms with E-state index >= 15 is 0 Å². The van der Waals surface area contributed by atoms with E-state index < -0.39 is 0 Å². The molecule has 6 nitrogen and oxygen atoms in total. The molecule has 0 unspecified atom stereocenters. The van der Waals surface area contributed by atoms with E-state index in [1.165, 1.54) is 11.3 Å². The van der Waals surface area contributed by atoms with Crippen molar-refractivity contribution >= 4 is 40.4 Å². The summed E-state index contributed by atoms with van der Waals surface area (Å²) < 4.78 is 0. The van der Waals surface area contributed by atoms with E-state index in [4.69, 9.17) is 11.6 Å². The molecule has 4 rings (SSSR count). The molecule has 0 saturated carbocycles. The Morgan fingerprint density at radius 1 is 1.13 bits per heavy atom. The number of likely N-dealkylation sites (tertiary alicyclic amines) is 1. The molecule has 1 aliphatic rings. The minimum Gasteiger partial charge on any atom is -0.333 e. The van der Waals surface area contributed by atoms with Gasteiger partial charge in [0, 0.05) is 23.7 Å². The molecule has 2 heterocycles. The van der Waals surface area contributed by atoms with Gasteiger partial charge in [-0.25, -0.2) is 0 Å². The van der Waals surface area contributed by atoms with E-state index in [1.807, 2.05) is 35.2 Å². The average molecular weight is 441 g/mol. The van der Waals surface area contributed by atoms with Crippen LogP contribution in [0, 0.1) is 0 Å². The number of carbonyl (C=O) groups excluding carboxylic acids is 2. The third kappa shape index (κ3) is 4.86. The van der Waals surface area contributed by atoms with E-state index in [1.54, 1.807) is 24.3 Å². The van der Waals surface area contributed by atoms with Crippen LogP contribution < -0.4 is 5.32 Å². The summed E-state index contributed by atoms with van der Waals surface area (Å²) in [5.74, 6) is -0.220. The SMILES string of the molecule is O=C(Nc1cccc(Cl)c1)c1nnc([C@H]2CCCN2C(=O)CCc2ccccc2)s1. The fraction of sp³-hybridized carbons (Fsp3) is 0.273. The second-order valence-corrected chi connectivity index (χ2v) is 8.59. The molecule has 1 aromatic heterocycles. The van der Waals surface area contributed by atoms with E-state index in [0.29, 0.717) is 35.1 Å². The second-order valence-electron chi connectivity index (χ2n) is 7.14. The number of hydrogen-bond acceptors (Lipinski definition) is 5. The molecule has 154 valence electrons. The molecule has 2 aromatic carbocycles. The maximum atomic E-state index is 12.8. The lowest BCUT2D eigenvalue weighted by molar-refractivity contribution is -0.132. The van der Waals surface area contributed by atoms with Gasteiger partial charge >= 0.3 is 0 Å². The van der Waals surface area contributed by atoms with Crippen molar-refractivity contribution in [3.8, 4) is 0 Å². The minimum absolute atomic E-state index is 0.112. The van der Waals surface area contributed by atoms with Crippen LogP contribution >= 0.6 is 22.9 Å². The van der Waals surface area contributed by atoms with E-state index in [0.717, 1.165) is 18.4 Å². The van der Waals surface area contributed by atoms with Crippen molar-refractivity contribution in [3.05, 3.63) is 75.2 Å². The lowest BCUT2D eigenvalue weighted by Crippen LogP contribution is -2.30. The minimum atomic E-state index is -0.332. The van der Waals surface area contributed by atoms with Gasteiger partial charge in [-0.3, -0.25) is 9.59 Å². The highest BCUT2D eigenvalue weighted by atomic mass is 35.5. The lowest BCUT2D eigenvalue weighted by Gasteiger charge is -2.22. The van der Waals surface area contributed by atoms with Crippen molar-refractivity contribution in [2.45, 2.75) is 31.7 Å². The molecule has 3 aromatic rings. The van der Waals surface area contributed by atoms with Crippen molar-refractivity contribution in [1.82, 2.24) is 15.1 Å². The highest BCUT2D eigenvalue weighted by Gasteiger charge is 2.32. The monoisotopic (exact) mass is 440 g/mol. The number of rotatable bonds is 6. The smallest absolute Gasteiger partial charge is 0.286 e. The number of hydrogen-bond donors (Lipinski definition) is 1. The number of nitrogens with zero attached hydrogens (tertiary/aromatic N) is 3. The van der Waals surface area contributed by atoms with E-state index in [2.05, 4.69) is 15.5 Å². The quantitative estimate of drug-likeness (QED) is 0.600. The zero-order valence-corrected chi connectivity index (χ0v) is 17.8. The molecule has 0 spiro atoms. The molecule has 0 aliphatic carbocycles. The second kappa shape index (κ2) is 9.36. The Bertz CT molecular complexity index is 1040. The van der Waals surface area contributed by atoms with Gasteiger partial charge in [-0.1, -0.05) is 59.3 Å². The Balaban J connectivity index is 1.40. The summed E-state index contributed by atoms with van der Waals surface area (Å²) in [5, 5.41) is 12.6. The summed E-state index contributed by atoms with van der Waals surface area (Å²) in [6.45, 7) is 0.710. The Labute approximate surface area is 183 Å². The van der Waals surface area contributed by atoms with Crippen LogP contribution in [0.3, 0.4) is 0 Å². The zero-order chi connectivity index (χ0) is 20.9. The Hall–Kier alpha value is -2.77. The van der Waals surface area contributed by atoms with Crippen molar-refractivity contribution in [2.75, 3.05) is 11.9 Å². The first-order valence-electron chi connectivity index (χ1n) is 9.84. The highest BCUT2D eigenvalue weighted by Crippen LogP contribution is 2.34. The summed E-state index contributed by atoms with van der Waals surface area (Å²) >= 11 is 7.20. The average Bonchev–Trinajstić information content (AvgIpc) is 3.42. The van der Waals surface area contributed by atoms with Crippen LogP contribution in [0.1, 0.15) is 45.7 Å². The molecular weight excluding hydrogens is 420 g/mol. The van der Waals surface area contributed by atoms with Crippen LogP contribution in [0.4, 0.5) is 5.69 Å². The number of nitrogens with one attached hydrogen (secondary N) is 1. The largest absolute Gasteiger partial charge is 0.333 e. The molecule has 0 bridgehead atoms. The van der Waals surface area contributed by atoms with Gasteiger partial charge < -0.3 is 10.2 Å². The Morgan fingerprint density at radius 2 is 1.97 bits per heavy atom. The number of anilines is 1. The normalized spacial score (nSPS) is 15.9. The number of carbonyl (C=O) groups is 2. The van der Waals surface area contributed by atoms with Gasteiger partial charge in [-0.2, -0.15) is 0 Å². The first-order chi connectivity index (χ1) is 14.6. The van der Waals surface area contributed by atoms with Crippen LogP contribution in [0.2, 0.25) is 5.02 Å². The topological polar surface area (TPSA) is 75.2 Å². The predicted molar refractivity (Wildman–Crippen MR) is 118 cm³/mol. The molecule has 2 amide bonds. The third-order valence-corrected chi connectivity index (χ3v) is 6.30. The molecule has 1 fully saturated rings. The first kappa shape index (κ1) is 20.5. The third-order valence-electron chi connectivity index (χ3n) is 5.05. The van der Waals surface area contributed by atoms with Crippen molar-refractivity contribution < 1.29 is 9.59 Å². The fourth-order valence-electron chi connectivity index (χ4n) is 3.57. The molecule has 1 N–H and O–H groups in total. The van der Waals surface area contributed by atoms with Gasteiger partial charge in [0.1, 0.15) is 5.01 Å². The molecule has 1 atom stereocenters. The number of amides is 2. The van der Waals surface area contributed by atoms with Gasteiger partial charge in [-0.05, 0) is 43.0 Å². The molecule has 8 heteroatoms. The van der Waals surface area contributed by atoms with E-state index in [-0.39, 0.29) is 22.9 Å². The summed E-state index contributed by atoms with van der Waals surface area (Å²) in [7, 11) is 0. The summed E-state index contributed by atoms with van der Waals surface area (Å²) in [5.41, 5.74) is 1.75. The number of benzene rings is 2. The number of aryl methyl sites for hydroxylation is 1. The lowest BCUT2D eigenvalue weighted by atomic mass is 10.1. The number of aromatic nitrogens is 2. The van der Waals surface area contributed by atoms with Crippen molar-refractivity contribution in [2.24, 2.45) is 0 Å². The molecule has 30 heavy (non-hydrogen) atoms. The van der Waals surface area contributed by atoms with Gasteiger partial charge in [-0.15, -0.1) is 10.2 Å². The number of halogens is 1. The molecule has 1 saturated heterocycles. The van der Waals surface area contributed by atoms with Crippen molar-refractivity contribution in [1.29, 1.82) is 0 Å². The standard InChI is InChI=1S/C22H21ClN4O2S/c23-16-8-4-9-17(14-16)24-20(29)22-26-25-21(30-22)18-10-5-13-27(18)19(28)12-11-15-6-2-1-3-7-15/h1-4,6-9,14,18H,5,10-13H2,(H,24,29)/t18-/m1/s1. The van der Waals surface area contributed by atoms with Gasteiger partial charge in [0.15, 0.2) is 0 Å². The van der Waals surface area contributed by atoms with Gasteiger partial charge in [0.05, 0.1) is 6.04 Å². The first-order valence-corrected chi connectivity index (χ1v) is 11.0. The van der Waals surface area contributed by atoms with Gasteiger partial charge in [0.2, 0.25) is 10.9 Å². The van der Waals surface area contributed by atoms with Crippen LogP contribution in [-0.2, 0) is 11.2 Å². The Kier molecular flexibility index (Phi) is 6.40. The van der Waals surface area contributed by atoms with E-state index in [9.17, 15) is 9.59 Å². The molecule has 1 aliphatic heterocycles. The van der Waals surface area contributed by atoms with Gasteiger partial charge in [0.25, 0.3) is 5.91 Å². The molecular formula is C22H21ClN4O2S. The summed E-state index contributed by atoms with van der Waals surface area (Å²) in [6.07, 6.45) is 2.93. The maximum Gasteiger partial charge on any atom is 0.286 e. The fourth-order valence-corrected chi connectivity index (χ4v) is 4.65. The van der Waals surface area contributed by atoms with Crippen LogP contribution in [0.25, 0.3) is 0 Å². The van der Waals surface area contributed by atoms with Crippen LogP contribution in [0.15, 0.2) is 54.6 Å². The van der Waals surface area contributed by atoms with Crippen molar-refractivity contribution in [3.63, 3.8) is 0 Å². The predicted octanol–water partition coefficient (Wildman–Crippen LogP) is 4.74. The maximum absolute atomic E-state index is 12.8. The summed E-state index contributed by atoms with van der Waals surface area (Å²) in [4.78, 5) is 27.2. The van der Waals surface area contributed by atoms with Crippen LogP contribution in [-0.4, -0.2) is 33.5 Å². The Morgan fingerprint density at radius 3 is 2.77 bits per heavy atom. The zero-order valence-electron chi connectivity index (χ0n) is 16.3. The van der Waals surface area contributed by atoms with Crippen LogP contribution in [0.5, 0.6) is 0 Å².